The Bertz CT molecular complexity index is 394. The molecule has 1 fully saturated rings. The quantitative estimate of drug-likeness (QED) is 0.866. The Morgan fingerprint density at radius 3 is 2.60 bits per heavy atom. The second kappa shape index (κ2) is 7.43. The van der Waals surface area contributed by atoms with Crippen LogP contribution in [-0.4, -0.2) is 46.7 Å². The predicted octanol–water partition coefficient (Wildman–Crippen LogP) is 2.04. The second-order valence-corrected chi connectivity index (χ2v) is 5.94. The number of amides is 1. The van der Waals surface area contributed by atoms with Crippen molar-refractivity contribution in [2.75, 3.05) is 19.6 Å². The fourth-order valence-corrected chi connectivity index (χ4v) is 2.89. The number of likely N-dealkylation sites (tertiary alicyclic amines) is 1. The average molecular weight is 278 g/mol. The smallest absolute Gasteiger partial charge is 0.269 e. The lowest BCUT2D eigenvalue weighted by atomic mass is 10.0. The summed E-state index contributed by atoms with van der Waals surface area (Å²) in [5, 5.41) is 9.55. The molecule has 1 aromatic rings. The molecule has 0 aliphatic carbocycles. The van der Waals surface area contributed by atoms with Crippen LogP contribution >= 0.6 is 0 Å². The first kappa shape index (κ1) is 15.0. The molecule has 2 N–H and O–H groups in total. The molecule has 1 atom stereocenters. The van der Waals surface area contributed by atoms with E-state index in [0.29, 0.717) is 24.2 Å². The van der Waals surface area contributed by atoms with Gasteiger partial charge in [0.2, 0.25) is 0 Å². The minimum absolute atomic E-state index is 0.0667. The number of nitrogens with one attached hydrogen (secondary N) is 2. The molecule has 0 radical (unpaired) electrons. The van der Waals surface area contributed by atoms with Gasteiger partial charge in [0.15, 0.2) is 0 Å². The molecule has 0 saturated carbocycles. The van der Waals surface area contributed by atoms with Gasteiger partial charge in [-0.15, -0.1) is 0 Å². The van der Waals surface area contributed by atoms with Crippen LogP contribution in [0.15, 0.2) is 12.3 Å². The Labute approximate surface area is 121 Å². The summed E-state index contributed by atoms with van der Waals surface area (Å²) in [6.45, 7) is 7.48. The fraction of sp³-hybridized carbons (Fsp3) is 0.733. The molecule has 1 saturated heterocycles. The lowest BCUT2D eigenvalue weighted by Gasteiger charge is -2.33. The third kappa shape index (κ3) is 4.07. The van der Waals surface area contributed by atoms with Gasteiger partial charge < -0.3 is 5.32 Å². The maximum Gasteiger partial charge on any atom is 0.269 e. The van der Waals surface area contributed by atoms with E-state index >= 15 is 0 Å². The number of aromatic amines is 1. The molecular formula is C15H26N4O. The number of aromatic nitrogens is 2. The molecule has 1 aliphatic heterocycles. The molecule has 112 valence electrons. The van der Waals surface area contributed by atoms with Gasteiger partial charge >= 0.3 is 0 Å². The van der Waals surface area contributed by atoms with Gasteiger partial charge in [0, 0.05) is 18.8 Å². The standard InChI is InChI=1S/C15H26N4O/c1-12(2)14(19-9-5-3-4-6-10-19)11-16-15(20)13-7-8-17-18-13/h7-8,12,14H,3-6,9-11H2,1-2H3,(H,16,20)(H,17,18). The lowest BCUT2D eigenvalue weighted by molar-refractivity contribution is 0.0912. The average Bonchev–Trinajstić information content (AvgIpc) is 2.83. The Morgan fingerprint density at radius 2 is 2.05 bits per heavy atom. The van der Waals surface area contributed by atoms with Crippen LogP contribution in [0, 0.1) is 5.92 Å². The monoisotopic (exact) mass is 278 g/mol. The van der Waals surface area contributed by atoms with Crippen LogP contribution in [0.2, 0.25) is 0 Å². The molecule has 1 unspecified atom stereocenters. The highest BCUT2D eigenvalue weighted by molar-refractivity contribution is 5.92. The van der Waals surface area contributed by atoms with Crippen molar-refractivity contribution >= 4 is 5.91 Å². The first-order chi connectivity index (χ1) is 9.68. The van der Waals surface area contributed by atoms with Gasteiger partial charge in [0.25, 0.3) is 5.91 Å². The van der Waals surface area contributed by atoms with Crippen molar-refractivity contribution in [3.8, 4) is 0 Å². The number of nitrogens with zero attached hydrogens (tertiary/aromatic N) is 2. The Hall–Kier alpha value is -1.36. The summed E-state index contributed by atoms with van der Waals surface area (Å²) in [6, 6.07) is 2.12. The van der Waals surface area contributed by atoms with Crippen molar-refractivity contribution in [2.45, 2.75) is 45.6 Å². The summed E-state index contributed by atoms with van der Waals surface area (Å²) in [7, 11) is 0. The molecule has 0 bridgehead atoms. The topological polar surface area (TPSA) is 61.0 Å². The Morgan fingerprint density at radius 1 is 1.35 bits per heavy atom. The highest BCUT2D eigenvalue weighted by Crippen LogP contribution is 2.17. The predicted molar refractivity (Wildman–Crippen MR) is 79.6 cm³/mol. The van der Waals surface area contributed by atoms with Gasteiger partial charge in [-0.1, -0.05) is 26.7 Å². The van der Waals surface area contributed by atoms with Gasteiger partial charge in [0.05, 0.1) is 0 Å². The fourth-order valence-electron chi connectivity index (χ4n) is 2.89. The van der Waals surface area contributed by atoms with Crippen molar-refractivity contribution in [3.63, 3.8) is 0 Å². The third-order valence-corrected chi connectivity index (χ3v) is 4.10. The van der Waals surface area contributed by atoms with Crippen LogP contribution in [0.25, 0.3) is 0 Å². The molecule has 1 amide bonds. The van der Waals surface area contributed by atoms with Crippen LogP contribution in [-0.2, 0) is 0 Å². The lowest BCUT2D eigenvalue weighted by Crippen LogP contribution is -2.47. The van der Waals surface area contributed by atoms with Crippen molar-refractivity contribution in [2.24, 2.45) is 5.92 Å². The molecule has 1 aliphatic rings. The molecule has 5 nitrogen and oxygen atoms in total. The zero-order chi connectivity index (χ0) is 14.4. The van der Waals surface area contributed by atoms with Crippen molar-refractivity contribution in [1.29, 1.82) is 0 Å². The van der Waals surface area contributed by atoms with E-state index in [9.17, 15) is 4.79 Å². The summed E-state index contributed by atoms with van der Waals surface area (Å²) in [4.78, 5) is 14.5. The highest BCUT2D eigenvalue weighted by Gasteiger charge is 2.23. The number of carbonyl (C=O) groups excluding carboxylic acids is 1. The molecular weight excluding hydrogens is 252 g/mol. The molecule has 0 aromatic carbocycles. The van der Waals surface area contributed by atoms with E-state index in [1.165, 1.54) is 25.7 Å². The van der Waals surface area contributed by atoms with Crippen LogP contribution in [0.4, 0.5) is 0 Å². The zero-order valence-electron chi connectivity index (χ0n) is 12.6. The summed E-state index contributed by atoms with van der Waals surface area (Å²) >= 11 is 0. The second-order valence-electron chi connectivity index (χ2n) is 5.94. The maximum atomic E-state index is 12.0. The summed E-state index contributed by atoms with van der Waals surface area (Å²) in [5.74, 6) is 0.470. The first-order valence-corrected chi connectivity index (χ1v) is 7.70. The Balaban J connectivity index is 1.90. The molecule has 1 aromatic heterocycles. The van der Waals surface area contributed by atoms with E-state index < -0.39 is 0 Å². The van der Waals surface area contributed by atoms with E-state index in [0.717, 1.165) is 13.1 Å². The highest BCUT2D eigenvalue weighted by atomic mass is 16.1. The minimum Gasteiger partial charge on any atom is -0.349 e. The van der Waals surface area contributed by atoms with Crippen LogP contribution in [0.5, 0.6) is 0 Å². The number of carbonyl (C=O) groups is 1. The third-order valence-electron chi connectivity index (χ3n) is 4.10. The number of hydrogen-bond acceptors (Lipinski definition) is 3. The first-order valence-electron chi connectivity index (χ1n) is 7.70. The SMILES string of the molecule is CC(C)C(CNC(=O)c1ccn[nH]1)N1CCCCCC1. The Kier molecular flexibility index (Phi) is 5.59. The number of H-pyrrole nitrogens is 1. The summed E-state index contributed by atoms with van der Waals surface area (Å²) < 4.78 is 0. The molecule has 0 spiro atoms. The number of hydrogen-bond donors (Lipinski definition) is 2. The summed E-state index contributed by atoms with van der Waals surface area (Å²) in [6.07, 6.45) is 6.82. The van der Waals surface area contributed by atoms with E-state index in [4.69, 9.17) is 0 Å². The number of rotatable bonds is 5. The van der Waals surface area contributed by atoms with Crippen molar-refractivity contribution in [3.05, 3.63) is 18.0 Å². The van der Waals surface area contributed by atoms with E-state index in [2.05, 4.69) is 34.3 Å². The van der Waals surface area contributed by atoms with Crippen LogP contribution in [0.1, 0.15) is 50.0 Å². The van der Waals surface area contributed by atoms with Gasteiger partial charge in [0.1, 0.15) is 5.69 Å². The van der Waals surface area contributed by atoms with Crippen molar-refractivity contribution < 1.29 is 4.79 Å². The van der Waals surface area contributed by atoms with E-state index in [-0.39, 0.29) is 5.91 Å². The molecule has 20 heavy (non-hydrogen) atoms. The normalized spacial score (nSPS) is 18.8. The maximum absolute atomic E-state index is 12.0. The van der Waals surface area contributed by atoms with E-state index in [1.807, 2.05) is 0 Å². The van der Waals surface area contributed by atoms with Gasteiger partial charge in [-0.3, -0.25) is 14.8 Å². The van der Waals surface area contributed by atoms with Gasteiger partial charge in [-0.25, -0.2) is 0 Å². The van der Waals surface area contributed by atoms with Crippen LogP contribution in [0.3, 0.4) is 0 Å². The zero-order valence-corrected chi connectivity index (χ0v) is 12.6. The summed E-state index contributed by atoms with van der Waals surface area (Å²) in [5.41, 5.74) is 0.531. The van der Waals surface area contributed by atoms with Gasteiger partial charge in [-0.2, -0.15) is 5.10 Å². The van der Waals surface area contributed by atoms with Gasteiger partial charge in [-0.05, 0) is 37.9 Å². The minimum atomic E-state index is -0.0667. The molecule has 5 heteroatoms. The molecule has 2 rings (SSSR count). The van der Waals surface area contributed by atoms with Crippen LogP contribution < -0.4 is 5.32 Å². The largest absolute Gasteiger partial charge is 0.349 e. The molecule has 2 heterocycles. The van der Waals surface area contributed by atoms with E-state index in [1.54, 1.807) is 12.3 Å². The van der Waals surface area contributed by atoms with Crippen molar-refractivity contribution in [1.82, 2.24) is 20.4 Å².